The largest absolute Gasteiger partial charge is 0.497 e. The van der Waals surface area contributed by atoms with Gasteiger partial charge in [-0.1, -0.05) is 24.3 Å². The summed E-state index contributed by atoms with van der Waals surface area (Å²) in [5.74, 6) is -0.682. The molecule has 0 amide bonds. The second-order valence-electron chi connectivity index (χ2n) is 4.93. The lowest BCUT2D eigenvalue weighted by atomic mass is 10.00. The number of hydrogen-bond donors (Lipinski definition) is 1. The van der Waals surface area contributed by atoms with Gasteiger partial charge in [0, 0.05) is 22.5 Å². The van der Waals surface area contributed by atoms with Crippen LogP contribution in [0, 0.1) is 0 Å². The van der Waals surface area contributed by atoms with Crippen molar-refractivity contribution in [1.29, 1.82) is 0 Å². The number of hydrogen-bond acceptors (Lipinski definition) is 4. The fraction of sp³-hybridized carbons (Fsp3) is 0.0556. The van der Waals surface area contributed by atoms with Crippen LogP contribution >= 0.6 is 0 Å². The van der Waals surface area contributed by atoms with Crippen molar-refractivity contribution in [2.24, 2.45) is 0 Å². The zero-order valence-electron chi connectivity index (χ0n) is 12.3. The van der Waals surface area contributed by atoms with Crippen molar-refractivity contribution in [3.8, 4) is 5.75 Å². The van der Waals surface area contributed by atoms with Gasteiger partial charge in [-0.25, -0.2) is 4.79 Å². The Morgan fingerprint density at radius 2 is 1.65 bits per heavy atom. The Balaban J connectivity index is 2.14. The molecule has 114 valence electrons. The standard InChI is InChI=1S/C18H13NO4/c1-23-12-8-6-11(7-9-12)17(20)16-14-5-3-2-4-13(14)15(10-19-16)18(21)22/h2-10H,1H3,(H,21,22). The second kappa shape index (κ2) is 5.88. The van der Waals surface area contributed by atoms with Gasteiger partial charge in [0.2, 0.25) is 5.78 Å². The molecule has 5 heteroatoms. The minimum absolute atomic E-state index is 0.0758. The third kappa shape index (κ3) is 2.64. The van der Waals surface area contributed by atoms with Crippen molar-refractivity contribution in [2.75, 3.05) is 7.11 Å². The Morgan fingerprint density at radius 1 is 1.00 bits per heavy atom. The molecule has 1 N–H and O–H groups in total. The number of methoxy groups -OCH3 is 1. The molecule has 0 aliphatic rings. The Hall–Kier alpha value is -3.21. The maximum Gasteiger partial charge on any atom is 0.337 e. The number of carboxylic acid groups (broad SMARTS) is 1. The topological polar surface area (TPSA) is 76.5 Å². The van der Waals surface area contributed by atoms with Crippen molar-refractivity contribution >= 4 is 22.5 Å². The van der Waals surface area contributed by atoms with E-state index in [9.17, 15) is 14.7 Å². The lowest BCUT2D eigenvalue weighted by Crippen LogP contribution is -2.08. The zero-order chi connectivity index (χ0) is 16.4. The molecule has 2 aromatic carbocycles. The van der Waals surface area contributed by atoms with E-state index < -0.39 is 5.97 Å². The summed E-state index contributed by atoms with van der Waals surface area (Å²) in [5.41, 5.74) is 0.772. The molecule has 1 aromatic heterocycles. The summed E-state index contributed by atoms with van der Waals surface area (Å²) in [6.07, 6.45) is 1.22. The summed E-state index contributed by atoms with van der Waals surface area (Å²) in [6, 6.07) is 13.6. The van der Waals surface area contributed by atoms with E-state index >= 15 is 0 Å². The van der Waals surface area contributed by atoms with Crippen LogP contribution in [0.4, 0.5) is 0 Å². The van der Waals surface area contributed by atoms with Gasteiger partial charge >= 0.3 is 5.97 Å². The van der Waals surface area contributed by atoms with Crippen LogP contribution in [-0.4, -0.2) is 29.0 Å². The van der Waals surface area contributed by atoms with Crippen molar-refractivity contribution in [3.63, 3.8) is 0 Å². The van der Waals surface area contributed by atoms with Crippen molar-refractivity contribution in [1.82, 2.24) is 4.98 Å². The third-order valence-electron chi connectivity index (χ3n) is 3.59. The molecular weight excluding hydrogens is 294 g/mol. The molecule has 0 fully saturated rings. The molecule has 0 atom stereocenters. The van der Waals surface area contributed by atoms with Gasteiger partial charge < -0.3 is 9.84 Å². The smallest absolute Gasteiger partial charge is 0.337 e. The number of aromatic nitrogens is 1. The molecule has 1 heterocycles. The number of fused-ring (bicyclic) bond motifs is 1. The molecule has 0 spiro atoms. The summed E-state index contributed by atoms with van der Waals surface area (Å²) in [5, 5.41) is 10.3. The van der Waals surface area contributed by atoms with E-state index in [0.29, 0.717) is 22.1 Å². The fourth-order valence-electron chi connectivity index (χ4n) is 2.42. The van der Waals surface area contributed by atoms with Crippen LogP contribution in [-0.2, 0) is 0 Å². The minimum Gasteiger partial charge on any atom is -0.497 e. The van der Waals surface area contributed by atoms with Crippen LogP contribution < -0.4 is 4.74 Å². The van der Waals surface area contributed by atoms with Gasteiger partial charge in [0.1, 0.15) is 11.4 Å². The van der Waals surface area contributed by atoms with E-state index in [1.54, 1.807) is 55.6 Å². The summed E-state index contributed by atoms with van der Waals surface area (Å²) in [7, 11) is 1.55. The molecule has 0 saturated carbocycles. The van der Waals surface area contributed by atoms with E-state index in [-0.39, 0.29) is 17.0 Å². The number of aromatic carboxylic acids is 1. The number of carbonyl (C=O) groups excluding carboxylic acids is 1. The van der Waals surface area contributed by atoms with Crippen LogP contribution in [0.2, 0.25) is 0 Å². The molecule has 0 aliphatic heterocycles. The first-order valence-electron chi connectivity index (χ1n) is 6.91. The highest BCUT2D eigenvalue weighted by Gasteiger charge is 2.18. The number of carbonyl (C=O) groups is 2. The average Bonchev–Trinajstić information content (AvgIpc) is 2.60. The Labute approximate surface area is 132 Å². The monoisotopic (exact) mass is 307 g/mol. The van der Waals surface area contributed by atoms with Crippen LogP contribution in [0.5, 0.6) is 5.75 Å². The Morgan fingerprint density at radius 3 is 2.26 bits per heavy atom. The highest BCUT2D eigenvalue weighted by Crippen LogP contribution is 2.23. The van der Waals surface area contributed by atoms with Crippen molar-refractivity contribution < 1.29 is 19.4 Å². The number of benzene rings is 2. The van der Waals surface area contributed by atoms with E-state index in [1.165, 1.54) is 6.20 Å². The summed E-state index contributed by atoms with van der Waals surface area (Å²) >= 11 is 0. The molecule has 3 rings (SSSR count). The number of carboxylic acids is 1. The van der Waals surface area contributed by atoms with Gasteiger partial charge in [-0.2, -0.15) is 0 Å². The van der Waals surface area contributed by atoms with E-state index in [1.807, 2.05) is 0 Å². The molecule has 0 radical (unpaired) electrons. The predicted octanol–water partition coefficient (Wildman–Crippen LogP) is 3.17. The Kier molecular flexibility index (Phi) is 3.76. The predicted molar refractivity (Wildman–Crippen MR) is 85.1 cm³/mol. The molecule has 23 heavy (non-hydrogen) atoms. The highest BCUT2D eigenvalue weighted by molar-refractivity contribution is 6.17. The van der Waals surface area contributed by atoms with Gasteiger partial charge in [-0.3, -0.25) is 9.78 Å². The molecule has 5 nitrogen and oxygen atoms in total. The molecule has 0 unspecified atom stereocenters. The number of rotatable bonds is 4. The number of nitrogens with zero attached hydrogens (tertiary/aromatic N) is 1. The van der Waals surface area contributed by atoms with E-state index in [0.717, 1.165) is 0 Å². The van der Waals surface area contributed by atoms with Gasteiger partial charge in [-0.05, 0) is 24.3 Å². The molecule has 3 aromatic rings. The van der Waals surface area contributed by atoms with Crippen LogP contribution in [0.15, 0.2) is 54.7 Å². The second-order valence-corrected chi connectivity index (χ2v) is 4.93. The maximum absolute atomic E-state index is 12.7. The third-order valence-corrected chi connectivity index (χ3v) is 3.59. The van der Waals surface area contributed by atoms with Crippen molar-refractivity contribution in [3.05, 3.63) is 71.5 Å². The molecule has 0 bridgehead atoms. The minimum atomic E-state index is -1.07. The normalized spacial score (nSPS) is 10.5. The van der Waals surface area contributed by atoms with Gasteiger partial charge in [0.25, 0.3) is 0 Å². The van der Waals surface area contributed by atoms with Gasteiger partial charge in [0.05, 0.1) is 12.7 Å². The zero-order valence-corrected chi connectivity index (χ0v) is 12.3. The summed E-state index contributed by atoms with van der Waals surface area (Å²) < 4.78 is 5.07. The first kappa shape index (κ1) is 14.7. The van der Waals surface area contributed by atoms with Crippen LogP contribution in [0.25, 0.3) is 10.8 Å². The lowest BCUT2D eigenvalue weighted by Gasteiger charge is -2.08. The van der Waals surface area contributed by atoms with Crippen molar-refractivity contribution in [2.45, 2.75) is 0 Å². The quantitative estimate of drug-likeness (QED) is 0.749. The summed E-state index contributed by atoms with van der Waals surface area (Å²) in [4.78, 5) is 28.1. The number of ether oxygens (including phenoxy) is 1. The average molecular weight is 307 g/mol. The molecule has 0 saturated heterocycles. The number of pyridine rings is 1. The molecular formula is C18H13NO4. The fourth-order valence-corrected chi connectivity index (χ4v) is 2.42. The van der Waals surface area contributed by atoms with Gasteiger partial charge in [-0.15, -0.1) is 0 Å². The summed E-state index contributed by atoms with van der Waals surface area (Å²) in [6.45, 7) is 0. The first-order valence-corrected chi connectivity index (χ1v) is 6.91. The Bertz CT molecular complexity index is 901. The first-order chi connectivity index (χ1) is 11.1. The maximum atomic E-state index is 12.7. The number of ketones is 1. The molecule has 0 aliphatic carbocycles. The van der Waals surface area contributed by atoms with Crippen LogP contribution in [0.1, 0.15) is 26.4 Å². The lowest BCUT2D eigenvalue weighted by molar-refractivity contribution is 0.0698. The van der Waals surface area contributed by atoms with E-state index in [4.69, 9.17) is 4.74 Å². The van der Waals surface area contributed by atoms with Crippen LogP contribution in [0.3, 0.4) is 0 Å². The highest BCUT2D eigenvalue weighted by atomic mass is 16.5. The SMILES string of the molecule is COc1ccc(C(=O)c2ncc(C(=O)O)c3ccccc23)cc1. The van der Waals surface area contributed by atoms with Gasteiger partial charge in [0.15, 0.2) is 0 Å². The van der Waals surface area contributed by atoms with E-state index in [2.05, 4.69) is 4.98 Å².